The fraction of sp³-hybridized carbons (Fsp3) is 0.346. The molecule has 2 aromatic rings. The number of carboxylic acid groups (broad SMARTS) is 1. The van der Waals surface area contributed by atoms with E-state index in [1.165, 1.54) is 0 Å². The van der Waals surface area contributed by atoms with Crippen LogP contribution < -0.4 is 25.3 Å². The minimum Gasteiger partial charge on any atom is -0.493 e. The number of guanidine groups is 1. The first kappa shape index (κ1) is 25.3. The van der Waals surface area contributed by atoms with Gasteiger partial charge < -0.3 is 25.1 Å². The maximum absolute atomic E-state index is 10.7. The van der Waals surface area contributed by atoms with Crippen molar-refractivity contribution in [3.8, 4) is 35.3 Å². The Bertz CT molecular complexity index is 1140. The minimum absolute atomic E-state index is 0.00942. The van der Waals surface area contributed by atoms with Crippen molar-refractivity contribution in [1.29, 1.82) is 5.26 Å². The van der Waals surface area contributed by atoms with Gasteiger partial charge in [-0.15, -0.1) is 0 Å². The van der Waals surface area contributed by atoms with Gasteiger partial charge in [0.25, 0.3) is 0 Å². The topological polar surface area (TPSA) is 139 Å². The summed E-state index contributed by atoms with van der Waals surface area (Å²) in [4.78, 5) is 14.9. The lowest BCUT2D eigenvalue weighted by Crippen LogP contribution is -2.28. The van der Waals surface area contributed by atoms with Crippen LogP contribution in [0, 0.1) is 23.3 Å². The zero-order valence-electron chi connectivity index (χ0n) is 19.5. The standard InChI is InChI=1S/C26H28N4O5/c1-33-23-13-10-19(14-24(23)35-22-4-2-3-5-22)20(15-29-26(28)30-17-27)9-6-18-7-11-21(12-8-18)34-16-25(31)32/h7-8,10-14,20,22H,2-5,15-16H2,1H3,(H,31,32)(H3,28,29,30). The highest BCUT2D eigenvalue weighted by Crippen LogP contribution is 2.34. The molecule has 35 heavy (non-hydrogen) atoms. The van der Waals surface area contributed by atoms with Crippen molar-refractivity contribution in [3.05, 3.63) is 53.6 Å². The molecular weight excluding hydrogens is 448 g/mol. The Balaban J connectivity index is 1.85. The molecule has 1 atom stereocenters. The van der Waals surface area contributed by atoms with E-state index in [0.29, 0.717) is 17.2 Å². The summed E-state index contributed by atoms with van der Waals surface area (Å²) >= 11 is 0. The number of aliphatic carboxylic acids is 1. The van der Waals surface area contributed by atoms with E-state index in [0.717, 1.165) is 36.8 Å². The van der Waals surface area contributed by atoms with Crippen molar-refractivity contribution < 1.29 is 24.1 Å². The molecule has 3 rings (SSSR count). The van der Waals surface area contributed by atoms with Crippen LogP contribution in [0.3, 0.4) is 0 Å². The van der Waals surface area contributed by atoms with Crippen LogP contribution in [0.2, 0.25) is 0 Å². The molecule has 0 radical (unpaired) electrons. The van der Waals surface area contributed by atoms with Crippen LogP contribution in [0.4, 0.5) is 0 Å². The maximum Gasteiger partial charge on any atom is 0.341 e. The molecule has 1 aliphatic carbocycles. The summed E-state index contributed by atoms with van der Waals surface area (Å²) < 4.78 is 16.9. The maximum atomic E-state index is 10.7. The van der Waals surface area contributed by atoms with Gasteiger partial charge in [-0.2, -0.15) is 5.26 Å². The zero-order chi connectivity index (χ0) is 25.0. The van der Waals surface area contributed by atoms with Gasteiger partial charge in [-0.05, 0) is 67.6 Å². The molecule has 1 unspecified atom stereocenters. The smallest absolute Gasteiger partial charge is 0.341 e. The fourth-order valence-corrected chi connectivity index (χ4v) is 3.66. The zero-order valence-corrected chi connectivity index (χ0v) is 19.5. The molecule has 0 saturated heterocycles. The van der Waals surface area contributed by atoms with Gasteiger partial charge in [0.2, 0.25) is 5.96 Å². The first-order chi connectivity index (χ1) is 17.0. The SMILES string of the molecule is COc1ccc(C(C#Cc2ccc(OCC(=O)O)cc2)CN=C(N)NC#N)cc1OC1CCCC1. The number of nitriles is 1. The monoisotopic (exact) mass is 476 g/mol. The summed E-state index contributed by atoms with van der Waals surface area (Å²) in [6, 6.07) is 12.5. The average molecular weight is 477 g/mol. The molecule has 1 aliphatic rings. The number of benzene rings is 2. The third-order valence-corrected chi connectivity index (χ3v) is 5.42. The van der Waals surface area contributed by atoms with Crippen molar-refractivity contribution in [3.63, 3.8) is 0 Å². The number of carboxylic acids is 1. The second-order valence-corrected chi connectivity index (χ2v) is 7.93. The number of carbonyl (C=O) groups is 1. The fourth-order valence-electron chi connectivity index (χ4n) is 3.66. The van der Waals surface area contributed by atoms with Gasteiger partial charge in [-0.3, -0.25) is 10.3 Å². The van der Waals surface area contributed by atoms with Crippen LogP contribution in [-0.2, 0) is 4.79 Å². The Hall–Kier alpha value is -4.37. The molecule has 0 amide bonds. The molecule has 9 heteroatoms. The van der Waals surface area contributed by atoms with E-state index < -0.39 is 12.6 Å². The normalized spacial score (nSPS) is 14.2. The van der Waals surface area contributed by atoms with E-state index in [-0.39, 0.29) is 24.5 Å². The summed E-state index contributed by atoms with van der Waals surface area (Å²) in [6.07, 6.45) is 6.26. The number of hydrogen-bond donors (Lipinski definition) is 3. The van der Waals surface area contributed by atoms with Gasteiger partial charge >= 0.3 is 5.97 Å². The number of hydrogen-bond acceptors (Lipinski definition) is 6. The van der Waals surface area contributed by atoms with Gasteiger partial charge in [0.1, 0.15) is 5.75 Å². The Kier molecular flexibility index (Phi) is 9.21. The Morgan fingerprint density at radius 3 is 2.63 bits per heavy atom. The van der Waals surface area contributed by atoms with E-state index in [4.69, 9.17) is 30.3 Å². The summed E-state index contributed by atoms with van der Waals surface area (Å²) in [7, 11) is 1.61. The summed E-state index contributed by atoms with van der Waals surface area (Å²) in [5, 5.41) is 19.8. The Labute approximate surface area is 204 Å². The molecule has 0 aromatic heterocycles. The highest BCUT2D eigenvalue weighted by atomic mass is 16.5. The predicted molar refractivity (Wildman–Crippen MR) is 130 cm³/mol. The Morgan fingerprint density at radius 2 is 1.97 bits per heavy atom. The van der Waals surface area contributed by atoms with E-state index in [9.17, 15) is 4.79 Å². The van der Waals surface area contributed by atoms with Crippen LogP contribution in [-0.4, -0.2) is 43.4 Å². The van der Waals surface area contributed by atoms with Crippen molar-refractivity contribution in [2.24, 2.45) is 10.7 Å². The van der Waals surface area contributed by atoms with Gasteiger partial charge in [-0.1, -0.05) is 17.9 Å². The molecule has 0 aliphatic heterocycles. The third kappa shape index (κ3) is 7.86. The minimum atomic E-state index is -1.04. The molecule has 182 valence electrons. The van der Waals surface area contributed by atoms with E-state index in [1.807, 2.05) is 18.2 Å². The molecule has 1 fully saturated rings. The number of nitrogens with one attached hydrogen (secondary N) is 1. The highest BCUT2D eigenvalue weighted by Gasteiger charge is 2.20. The van der Waals surface area contributed by atoms with Crippen molar-refractivity contribution >= 4 is 11.9 Å². The lowest BCUT2D eigenvalue weighted by molar-refractivity contribution is -0.139. The van der Waals surface area contributed by atoms with Crippen LogP contribution in [0.15, 0.2) is 47.5 Å². The summed E-state index contributed by atoms with van der Waals surface area (Å²) in [6.45, 7) is -0.186. The molecular formula is C26H28N4O5. The summed E-state index contributed by atoms with van der Waals surface area (Å²) in [5.41, 5.74) is 7.34. The van der Waals surface area contributed by atoms with Crippen LogP contribution in [0.1, 0.15) is 42.7 Å². The molecule has 9 nitrogen and oxygen atoms in total. The molecule has 1 saturated carbocycles. The number of aliphatic imine (C=N–C) groups is 1. The third-order valence-electron chi connectivity index (χ3n) is 5.42. The van der Waals surface area contributed by atoms with Crippen molar-refractivity contribution in [1.82, 2.24) is 5.32 Å². The van der Waals surface area contributed by atoms with Crippen LogP contribution in [0.25, 0.3) is 0 Å². The summed E-state index contributed by atoms with van der Waals surface area (Å²) in [5.74, 6) is 6.73. The molecule has 0 heterocycles. The lowest BCUT2D eigenvalue weighted by Gasteiger charge is -2.18. The number of ether oxygens (including phenoxy) is 3. The second-order valence-electron chi connectivity index (χ2n) is 7.93. The van der Waals surface area contributed by atoms with Gasteiger partial charge in [-0.25, -0.2) is 4.79 Å². The predicted octanol–water partition coefficient (Wildman–Crippen LogP) is 3.00. The van der Waals surface area contributed by atoms with E-state index in [2.05, 4.69) is 22.2 Å². The van der Waals surface area contributed by atoms with Crippen molar-refractivity contribution in [2.75, 3.05) is 20.3 Å². The van der Waals surface area contributed by atoms with E-state index >= 15 is 0 Å². The molecule has 4 N–H and O–H groups in total. The first-order valence-corrected chi connectivity index (χ1v) is 11.2. The van der Waals surface area contributed by atoms with Crippen molar-refractivity contribution in [2.45, 2.75) is 37.7 Å². The van der Waals surface area contributed by atoms with Gasteiger partial charge in [0.05, 0.1) is 25.7 Å². The largest absolute Gasteiger partial charge is 0.493 e. The average Bonchev–Trinajstić information content (AvgIpc) is 3.37. The second kappa shape index (κ2) is 12.8. The van der Waals surface area contributed by atoms with Gasteiger partial charge in [0, 0.05) is 5.56 Å². The quantitative estimate of drug-likeness (QED) is 0.165. The number of nitrogens with two attached hydrogens (primary N) is 1. The molecule has 0 bridgehead atoms. The molecule has 0 spiro atoms. The molecule has 2 aromatic carbocycles. The Morgan fingerprint density at radius 1 is 1.23 bits per heavy atom. The highest BCUT2D eigenvalue weighted by molar-refractivity contribution is 5.79. The number of methoxy groups -OCH3 is 1. The van der Waals surface area contributed by atoms with Crippen LogP contribution >= 0.6 is 0 Å². The lowest BCUT2D eigenvalue weighted by atomic mass is 9.98. The van der Waals surface area contributed by atoms with E-state index in [1.54, 1.807) is 37.6 Å². The van der Waals surface area contributed by atoms with Crippen LogP contribution in [0.5, 0.6) is 17.2 Å². The number of rotatable bonds is 9. The van der Waals surface area contributed by atoms with Gasteiger partial charge in [0.15, 0.2) is 24.3 Å². The first-order valence-electron chi connectivity index (χ1n) is 11.2. The number of nitrogens with zero attached hydrogens (tertiary/aromatic N) is 2.